The number of amides is 1. The van der Waals surface area contributed by atoms with Crippen LogP contribution in [0.2, 0.25) is 0 Å². The summed E-state index contributed by atoms with van der Waals surface area (Å²) in [6, 6.07) is 0. The van der Waals surface area contributed by atoms with E-state index in [1.54, 1.807) is 7.05 Å². The first-order chi connectivity index (χ1) is 13.9. The molecule has 1 atom stereocenters. The number of nitrogens with zero attached hydrogens (tertiary/aromatic N) is 4. The van der Waals surface area contributed by atoms with Crippen molar-refractivity contribution in [3.63, 3.8) is 0 Å². The molecule has 0 bridgehead atoms. The van der Waals surface area contributed by atoms with Crippen LogP contribution in [0.5, 0.6) is 0 Å². The highest BCUT2D eigenvalue weighted by atomic mass is 32.2. The van der Waals surface area contributed by atoms with Gasteiger partial charge in [0.1, 0.15) is 16.2 Å². The maximum absolute atomic E-state index is 12.7. The zero-order chi connectivity index (χ0) is 21.0. The number of aromatic nitrogens is 4. The van der Waals surface area contributed by atoms with Crippen molar-refractivity contribution < 1.29 is 9.53 Å². The first kappa shape index (κ1) is 21.5. The van der Waals surface area contributed by atoms with Gasteiger partial charge < -0.3 is 10.1 Å². The molecule has 0 spiro atoms. The zero-order valence-corrected chi connectivity index (χ0v) is 17.9. The highest BCUT2D eigenvalue weighted by molar-refractivity contribution is 8.00. The SMILES string of the molecule is CCCCc1nc(SCC(=O)NC[C@H]2CCCO2)c2c(=O)n(C)c(=O)n(C)c2n1. The predicted molar refractivity (Wildman–Crippen MR) is 111 cm³/mol. The van der Waals surface area contributed by atoms with Crippen LogP contribution < -0.4 is 16.6 Å². The molecule has 1 fully saturated rings. The smallest absolute Gasteiger partial charge is 0.332 e. The number of hydrogen-bond acceptors (Lipinski definition) is 7. The predicted octanol–water partition coefficient (Wildman–Crippen LogP) is 0.757. The van der Waals surface area contributed by atoms with E-state index in [2.05, 4.69) is 22.2 Å². The van der Waals surface area contributed by atoms with E-state index in [9.17, 15) is 14.4 Å². The zero-order valence-electron chi connectivity index (χ0n) is 17.1. The van der Waals surface area contributed by atoms with Crippen LogP contribution in [-0.4, -0.2) is 50.0 Å². The third-order valence-corrected chi connectivity index (χ3v) is 5.93. The summed E-state index contributed by atoms with van der Waals surface area (Å²) in [5, 5.41) is 3.58. The summed E-state index contributed by atoms with van der Waals surface area (Å²) in [6.07, 6.45) is 4.57. The Hall–Kier alpha value is -2.20. The molecule has 2 aromatic heterocycles. The molecule has 1 N–H and O–H groups in total. The van der Waals surface area contributed by atoms with Crippen LogP contribution in [0.25, 0.3) is 11.0 Å². The first-order valence-corrected chi connectivity index (χ1v) is 10.9. The Morgan fingerprint density at radius 1 is 1.28 bits per heavy atom. The Bertz CT molecular complexity index is 1010. The van der Waals surface area contributed by atoms with E-state index < -0.39 is 11.2 Å². The second-order valence-electron chi connectivity index (χ2n) is 7.18. The van der Waals surface area contributed by atoms with Crippen LogP contribution in [0.15, 0.2) is 14.6 Å². The molecule has 1 aliphatic rings. The fraction of sp³-hybridized carbons (Fsp3) is 0.632. The number of carbonyl (C=O) groups is 1. The molecule has 9 nitrogen and oxygen atoms in total. The van der Waals surface area contributed by atoms with Gasteiger partial charge in [0.05, 0.1) is 11.9 Å². The molecule has 0 unspecified atom stereocenters. The quantitative estimate of drug-likeness (QED) is 0.495. The van der Waals surface area contributed by atoms with Gasteiger partial charge in [-0.3, -0.25) is 18.7 Å². The molecular weight excluding hydrogens is 394 g/mol. The van der Waals surface area contributed by atoms with Crippen molar-refractivity contribution in [3.05, 3.63) is 26.7 Å². The fourth-order valence-corrected chi connectivity index (χ4v) is 4.10. The molecule has 0 aliphatic carbocycles. The van der Waals surface area contributed by atoms with Crippen LogP contribution in [0, 0.1) is 0 Å². The van der Waals surface area contributed by atoms with E-state index in [-0.39, 0.29) is 23.2 Å². The molecule has 158 valence electrons. The average Bonchev–Trinajstić information content (AvgIpc) is 3.25. The number of aryl methyl sites for hydroxylation is 2. The normalized spacial score (nSPS) is 16.4. The third kappa shape index (κ3) is 4.87. The molecule has 10 heteroatoms. The summed E-state index contributed by atoms with van der Waals surface area (Å²) in [7, 11) is 3.02. The average molecular weight is 422 g/mol. The standard InChI is InChI=1S/C19H27N5O4S/c1-4-5-8-13-21-16-15(18(26)24(3)19(27)23(16)2)17(22-13)29-11-14(25)20-10-12-7-6-9-28-12/h12H,4-11H2,1-3H3,(H,20,25)/t12-/m1/s1. The number of carbonyl (C=O) groups excluding carboxylic acids is 1. The number of rotatable bonds is 8. The minimum absolute atomic E-state index is 0.0753. The van der Waals surface area contributed by atoms with Gasteiger partial charge in [0, 0.05) is 33.7 Å². The summed E-state index contributed by atoms with van der Waals surface area (Å²) in [5.74, 6) is 0.553. The summed E-state index contributed by atoms with van der Waals surface area (Å²) in [5.41, 5.74) is -0.582. The largest absolute Gasteiger partial charge is 0.376 e. The molecule has 0 saturated carbocycles. The van der Waals surface area contributed by atoms with Gasteiger partial charge in [0.25, 0.3) is 5.56 Å². The van der Waals surface area contributed by atoms with Crippen LogP contribution in [0.4, 0.5) is 0 Å². The molecule has 3 rings (SSSR count). The number of unbranched alkanes of at least 4 members (excludes halogenated alkanes) is 1. The Kier molecular flexibility index (Phi) is 7.07. The molecule has 3 heterocycles. The summed E-state index contributed by atoms with van der Waals surface area (Å²) in [6.45, 7) is 3.30. The summed E-state index contributed by atoms with van der Waals surface area (Å²) in [4.78, 5) is 46.3. The third-order valence-electron chi connectivity index (χ3n) is 4.96. The lowest BCUT2D eigenvalue weighted by Crippen LogP contribution is -2.38. The van der Waals surface area contributed by atoms with Gasteiger partial charge in [0.15, 0.2) is 5.65 Å². The lowest BCUT2D eigenvalue weighted by Gasteiger charge is -2.13. The highest BCUT2D eigenvalue weighted by Gasteiger charge is 2.19. The molecule has 1 aliphatic heterocycles. The second-order valence-corrected chi connectivity index (χ2v) is 8.14. The lowest BCUT2D eigenvalue weighted by atomic mass is 10.2. The van der Waals surface area contributed by atoms with E-state index >= 15 is 0 Å². The Balaban J connectivity index is 1.87. The van der Waals surface area contributed by atoms with Crippen LogP contribution >= 0.6 is 11.8 Å². The molecule has 0 radical (unpaired) electrons. The van der Waals surface area contributed by atoms with Crippen molar-refractivity contribution >= 4 is 28.7 Å². The first-order valence-electron chi connectivity index (χ1n) is 9.90. The van der Waals surface area contributed by atoms with Crippen LogP contribution in [-0.2, 0) is 30.0 Å². The van der Waals surface area contributed by atoms with Gasteiger partial charge in [-0.1, -0.05) is 25.1 Å². The highest BCUT2D eigenvalue weighted by Crippen LogP contribution is 2.22. The number of hydrogen-bond donors (Lipinski definition) is 1. The van der Waals surface area contributed by atoms with Crippen molar-refractivity contribution in [2.75, 3.05) is 18.9 Å². The van der Waals surface area contributed by atoms with E-state index in [0.717, 1.165) is 36.9 Å². The fourth-order valence-electron chi connectivity index (χ4n) is 3.24. The Labute approximate surface area is 172 Å². The molecular formula is C19H27N5O4S. The maximum atomic E-state index is 12.7. The Morgan fingerprint density at radius 2 is 2.07 bits per heavy atom. The molecule has 1 saturated heterocycles. The van der Waals surface area contributed by atoms with Gasteiger partial charge in [-0.2, -0.15) is 0 Å². The van der Waals surface area contributed by atoms with Crippen molar-refractivity contribution in [1.82, 2.24) is 24.4 Å². The minimum atomic E-state index is -0.451. The lowest BCUT2D eigenvalue weighted by molar-refractivity contribution is -0.119. The van der Waals surface area contributed by atoms with Crippen LogP contribution in [0.1, 0.15) is 38.4 Å². The molecule has 1 amide bonds. The van der Waals surface area contributed by atoms with Crippen LogP contribution in [0.3, 0.4) is 0 Å². The molecule has 0 aromatic carbocycles. The molecule has 2 aromatic rings. The Morgan fingerprint density at radius 3 is 2.76 bits per heavy atom. The van der Waals surface area contributed by atoms with Gasteiger partial charge in [-0.25, -0.2) is 14.8 Å². The second kappa shape index (κ2) is 9.53. The van der Waals surface area contributed by atoms with Crippen molar-refractivity contribution in [1.29, 1.82) is 0 Å². The van der Waals surface area contributed by atoms with E-state index in [1.165, 1.54) is 23.4 Å². The maximum Gasteiger partial charge on any atom is 0.332 e. The van der Waals surface area contributed by atoms with E-state index in [0.29, 0.717) is 29.5 Å². The van der Waals surface area contributed by atoms with Crippen molar-refractivity contribution in [3.8, 4) is 0 Å². The topological polar surface area (TPSA) is 108 Å². The van der Waals surface area contributed by atoms with Crippen molar-refractivity contribution in [2.45, 2.75) is 50.2 Å². The summed E-state index contributed by atoms with van der Waals surface area (Å²) < 4.78 is 7.91. The van der Waals surface area contributed by atoms with E-state index in [4.69, 9.17) is 4.74 Å². The van der Waals surface area contributed by atoms with E-state index in [1.807, 2.05) is 0 Å². The van der Waals surface area contributed by atoms with Gasteiger partial charge in [0.2, 0.25) is 5.91 Å². The van der Waals surface area contributed by atoms with Gasteiger partial charge in [-0.05, 0) is 19.3 Å². The molecule has 29 heavy (non-hydrogen) atoms. The number of ether oxygens (including phenoxy) is 1. The number of nitrogens with one attached hydrogen (secondary N) is 1. The number of thioether (sulfide) groups is 1. The number of fused-ring (bicyclic) bond motifs is 1. The van der Waals surface area contributed by atoms with Gasteiger partial charge in [-0.15, -0.1) is 0 Å². The van der Waals surface area contributed by atoms with Gasteiger partial charge >= 0.3 is 5.69 Å². The van der Waals surface area contributed by atoms with Crippen molar-refractivity contribution in [2.24, 2.45) is 14.1 Å². The monoisotopic (exact) mass is 421 g/mol. The summed E-state index contributed by atoms with van der Waals surface area (Å²) >= 11 is 1.19. The minimum Gasteiger partial charge on any atom is -0.376 e.